The molecule has 1 saturated heterocycles. The number of alkyl halides is 8. The number of carbonyl (C=O) groups excluding carboxylic acids is 2. The lowest BCUT2D eigenvalue weighted by atomic mass is 9.90. The maximum atomic E-state index is 14.1. The van der Waals surface area contributed by atoms with Gasteiger partial charge in [0.1, 0.15) is 11.9 Å². The van der Waals surface area contributed by atoms with Gasteiger partial charge in [0.05, 0.1) is 23.6 Å². The average Bonchev–Trinajstić information content (AvgIpc) is 3.52. The lowest BCUT2D eigenvalue weighted by Crippen LogP contribution is -2.58. The predicted molar refractivity (Wildman–Crippen MR) is 168 cm³/mol. The third-order valence-electron chi connectivity index (χ3n) is 9.10. The molecule has 50 heavy (non-hydrogen) atoms. The maximum absolute atomic E-state index is 14.1. The van der Waals surface area contributed by atoms with E-state index in [1.165, 1.54) is 6.07 Å². The van der Waals surface area contributed by atoms with E-state index in [0.29, 0.717) is 24.4 Å². The number of nitrogens with zero attached hydrogens (tertiary/aromatic N) is 6. The van der Waals surface area contributed by atoms with Gasteiger partial charge >= 0.3 is 18.6 Å². The highest BCUT2D eigenvalue weighted by molar-refractivity contribution is 6.02. The topological polar surface area (TPSA) is 106 Å². The van der Waals surface area contributed by atoms with E-state index >= 15 is 0 Å². The van der Waals surface area contributed by atoms with Crippen molar-refractivity contribution in [1.82, 2.24) is 19.8 Å². The highest BCUT2D eigenvalue weighted by atomic mass is 19.4. The van der Waals surface area contributed by atoms with Gasteiger partial charge in [-0.3, -0.25) is 9.69 Å². The second kappa shape index (κ2) is 13.7. The van der Waals surface area contributed by atoms with Crippen LogP contribution in [0, 0.1) is 0 Å². The Morgan fingerprint density at radius 1 is 1.12 bits per heavy atom. The summed E-state index contributed by atoms with van der Waals surface area (Å²) in [5.74, 6) is -4.94. The van der Waals surface area contributed by atoms with Crippen molar-refractivity contribution in [3.63, 3.8) is 0 Å². The molecule has 0 spiro atoms. The molecule has 0 unspecified atom stereocenters. The van der Waals surface area contributed by atoms with E-state index < -0.39 is 67.6 Å². The fraction of sp³-hybridized carbons (Fsp3) is 0.548. The summed E-state index contributed by atoms with van der Waals surface area (Å²) >= 11 is 0. The number of rotatable bonds is 9. The third kappa shape index (κ3) is 8.13. The largest absolute Gasteiger partial charge is 0.573 e. The summed E-state index contributed by atoms with van der Waals surface area (Å²) in [6.07, 6.45) is -8.87. The highest BCUT2D eigenvalue weighted by Gasteiger charge is 2.49. The first-order chi connectivity index (χ1) is 23.3. The Bertz CT molecular complexity index is 1610. The molecule has 0 bridgehead atoms. The van der Waals surface area contributed by atoms with Crippen LogP contribution in [-0.4, -0.2) is 95.5 Å². The molecular formula is C31H36F8N8O3. The van der Waals surface area contributed by atoms with Gasteiger partial charge in [-0.1, -0.05) is 6.58 Å². The van der Waals surface area contributed by atoms with Crippen LogP contribution in [0.2, 0.25) is 0 Å². The summed E-state index contributed by atoms with van der Waals surface area (Å²) in [7, 11) is 3.73. The molecule has 274 valence electrons. The number of hydrogen-bond donors (Lipinski definition) is 2. The van der Waals surface area contributed by atoms with Crippen LogP contribution in [0.3, 0.4) is 0 Å². The van der Waals surface area contributed by atoms with Crippen molar-refractivity contribution >= 4 is 40.8 Å². The second-order valence-corrected chi connectivity index (χ2v) is 12.7. The van der Waals surface area contributed by atoms with Crippen molar-refractivity contribution in [1.29, 1.82) is 0 Å². The monoisotopic (exact) mass is 720 g/mol. The first-order valence-corrected chi connectivity index (χ1v) is 15.7. The van der Waals surface area contributed by atoms with E-state index in [0.717, 1.165) is 30.2 Å². The smallest absolute Gasteiger partial charge is 0.403 e. The maximum Gasteiger partial charge on any atom is 0.573 e. The van der Waals surface area contributed by atoms with E-state index in [9.17, 15) is 44.7 Å². The SMILES string of the molecule is C=CC(=O)Nc1cc(Nc2ncc3c(n2)N(C2CCC(F)(F)CC2)C(=O)N([C@@H](C)C(F)(F)F)C3)c(OC(F)(F)F)cc1N1CC[C@@H](N(C)C)C1. The molecule has 1 saturated carbocycles. The van der Waals surface area contributed by atoms with Crippen LogP contribution in [-0.2, 0) is 11.3 Å². The van der Waals surface area contributed by atoms with Crippen LogP contribution in [0.5, 0.6) is 5.75 Å². The molecule has 3 heterocycles. The van der Waals surface area contributed by atoms with Crippen molar-refractivity contribution in [2.24, 2.45) is 0 Å². The van der Waals surface area contributed by atoms with Crippen molar-refractivity contribution < 1.29 is 49.4 Å². The Kier molecular flexibility index (Phi) is 10.1. The molecule has 0 radical (unpaired) electrons. The van der Waals surface area contributed by atoms with Gasteiger partial charge in [-0.05, 0) is 52.4 Å². The van der Waals surface area contributed by atoms with Crippen LogP contribution in [0.1, 0.15) is 44.6 Å². The molecule has 5 rings (SSSR count). The summed E-state index contributed by atoms with van der Waals surface area (Å²) in [6, 6.07) is -1.93. The number of anilines is 5. The van der Waals surface area contributed by atoms with Crippen LogP contribution in [0.4, 0.5) is 68.7 Å². The predicted octanol–water partition coefficient (Wildman–Crippen LogP) is 6.65. The molecule has 2 aliphatic heterocycles. The third-order valence-corrected chi connectivity index (χ3v) is 9.10. The molecule has 2 atom stereocenters. The van der Waals surface area contributed by atoms with Gasteiger partial charge in [0.15, 0.2) is 5.75 Å². The minimum absolute atomic E-state index is 0.0640. The molecule has 2 N–H and O–H groups in total. The van der Waals surface area contributed by atoms with Gasteiger partial charge in [-0.15, -0.1) is 13.2 Å². The minimum atomic E-state index is -5.15. The van der Waals surface area contributed by atoms with Gasteiger partial charge < -0.3 is 30.1 Å². The van der Waals surface area contributed by atoms with E-state index in [-0.39, 0.29) is 53.3 Å². The Morgan fingerprint density at radius 3 is 2.38 bits per heavy atom. The van der Waals surface area contributed by atoms with Crippen LogP contribution in [0.25, 0.3) is 0 Å². The Balaban J connectivity index is 1.56. The van der Waals surface area contributed by atoms with Gasteiger partial charge in [0.2, 0.25) is 17.8 Å². The molecule has 2 aromatic rings. The zero-order valence-electron chi connectivity index (χ0n) is 27.3. The second-order valence-electron chi connectivity index (χ2n) is 12.7. The lowest BCUT2D eigenvalue weighted by Gasteiger charge is -2.44. The van der Waals surface area contributed by atoms with Crippen LogP contribution >= 0.6 is 0 Å². The fourth-order valence-corrected chi connectivity index (χ4v) is 6.27. The van der Waals surface area contributed by atoms with Gasteiger partial charge in [0, 0.05) is 55.8 Å². The number of nitrogens with one attached hydrogen (secondary N) is 2. The molecule has 1 aliphatic carbocycles. The van der Waals surface area contributed by atoms with Crippen molar-refractivity contribution in [3.8, 4) is 5.75 Å². The summed E-state index contributed by atoms with van der Waals surface area (Å²) in [4.78, 5) is 39.6. The van der Waals surface area contributed by atoms with Crippen molar-refractivity contribution in [2.75, 3.05) is 47.6 Å². The molecule has 3 aliphatic rings. The zero-order chi connectivity index (χ0) is 36.8. The number of amides is 3. The van der Waals surface area contributed by atoms with Gasteiger partial charge in [-0.25, -0.2) is 18.6 Å². The zero-order valence-corrected chi connectivity index (χ0v) is 27.3. The minimum Gasteiger partial charge on any atom is -0.403 e. The fourth-order valence-electron chi connectivity index (χ4n) is 6.27. The number of ether oxygens (including phenoxy) is 1. The van der Waals surface area contributed by atoms with Crippen molar-refractivity contribution in [3.05, 3.63) is 36.5 Å². The molecule has 11 nitrogen and oxygen atoms in total. The molecule has 19 heteroatoms. The summed E-state index contributed by atoms with van der Waals surface area (Å²) in [5, 5.41) is 5.22. The number of carbonyl (C=O) groups is 2. The first kappa shape index (κ1) is 36.9. The Labute approximate surface area is 282 Å². The van der Waals surface area contributed by atoms with Gasteiger partial charge in [0.25, 0.3) is 0 Å². The molecule has 3 amide bonds. The number of halogens is 8. The molecule has 1 aromatic carbocycles. The van der Waals surface area contributed by atoms with Crippen LogP contribution < -0.4 is 25.2 Å². The number of urea groups is 1. The van der Waals surface area contributed by atoms with Crippen LogP contribution in [0.15, 0.2) is 31.0 Å². The summed E-state index contributed by atoms with van der Waals surface area (Å²) < 4.78 is 115. The highest BCUT2D eigenvalue weighted by Crippen LogP contribution is 2.44. The number of benzene rings is 1. The summed E-state index contributed by atoms with van der Waals surface area (Å²) in [6.45, 7) is 4.54. The number of fused-ring (bicyclic) bond motifs is 1. The molecule has 2 fully saturated rings. The first-order valence-electron chi connectivity index (χ1n) is 15.7. The Hall–Kier alpha value is -4.42. The lowest BCUT2D eigenvalue weighted by molar-refractivity contribution is -0.274. The number of likely N-dealkylation sites (N-methyl/N-ethyl adjacent to an activating group) is 1. The number of aromatic nitrogens is 2. The standard InChI is InChI=1S/C31H36F8N8O3/c1-5-25(48)41-21-12-22(24(50-31(37,38)39)13-23(21)45-11-8-20(16-45)44(3)4)42-27-40-14-18-15-46(17(2)30(34,35)36)28(49)47(26(18)43-27)19-6-9-29(32,33)10-7-19/h5,12-14,17,19-20H,1,6-11,15-16H2,2-4H3,(H,41,48)(H,40,42,43)/t17-,20+/m0/s1. The van der Waals surface area contributed by atoms with Gasteiger partial charge in [-0.2, -0.15) is 18.2 Å². The van der Waals surface area contributed by atoms with E-state index in [1.807, 2.05) is 19.0 Å². The quantitative estimate of drug-likeness (QED) is 0.219. The summed E-state index contributed by atoms with van der Waals surface area (Å²) in [5.41, 5.74) is 0.0348. The average molecular weight is 721 g/mol. The Morgan fingerprint density at radius 2 is 1.80 bits per heavy atom. The van der Waals surface area contributed by atoms with E-state index in [2.05, 4.69) is 31.9 Å². The molecular weight excluding hydrogens is 684 g/mol. The normalized spacial score (nSPS) is 20.5. The number of hydrogen-bond acceptors (Lipinski definition) is 8. The van der Waals surface area contributed by atoms with E-state index in [4.69, 9.17) is 0 Å². The van der Waals surface area contributed by atoms with E-state index in [1.54, 1.807) is 4.90 Å². The molecule has 1 aromatic heterocycles. The van der Waals surface area contributed by atoms with Crippen molar-refractivity contribution in [2.45, 2.75) is 82.2 Å².